The van der Waals surface area contributed by atoms with Gasteiger partial charge in [-0.15, -0.1) is 0 Å². The van der Waals surface area contributed by atoms with Crippen LogP contribution in [-0.2, 0) is 13.6 Å². The minimum Gasteiger partial charge on any atom is -0.494 e. The first-order valence-corrected chi connectivity index (χ1v) is 6.50. The van der Waals surface area contributed by atoms with Crippen LogP contribution in [0.1, 0.15) is 6.92 Å². The molecule has 0 radical (unpaired) electrons. The molecule has 0 rings (SSSR count). The Hall–Kier alpha value is 0.517. The minimum atomic E-state index is -2.00. The summed E-state index contributed by atoms with van der Waals surface area (Å²) in [6.45, 7) is 3.96. The van der Waals surface area contributed by atoms with Crippen molar-refractivity contribution in [2.45, 2.75) is 17.3 Å². The van der Waals surface area contributed by atoms with Crippen LogP contribution in [0.2, 0.25) is 6.55 Å². The van der Waals surface area contributed by atoms with Gasteiger partial charge in [0.05, 0.1) is 0 Å². The van der Waals surface area contributed by atoms with Gasteiger partial charge >= 0.3 is 15.3 Å². The first kappa shape index (κ1) is 12.5. The lowest BCUT2D eigenvalue weighted by molar-refractivity contribution is -0.134. The second-order valence-electron chi connectivity index (χ2n) is 1.93. The Morgan fingerprint density at radius 2 is 2.00 bits per heavy atom. The van der Waals surface area contributed by atoms with Crippen LogP contribution in [0.25, 0.3) is 0 Å². The Kier molecular flexibility index (Phi) is 5.52. The van der Waals surface area contributed by atoms with Crippen molar-refractivity contribution in [2.75, 3.05) is 6.61 Å². The van der Waals surface area contributed by atoms with Gasteiger partial charge in [-0.3, -0.25) is 0 Å². The minimum absolute atomic E-state index is 0.487. The summed E-state index contributed by atoms with van der Waals surface area (Å²) in [5.41, 5.74) is 0. The third-order valence-electron chi connectivity index (χ3n) is 0.906. The first-order valence-electron chi connectivity index (χ1n) is 3.27. The number of carbonyl (C=O) groups excluding carboxylic acids is 1. The van der Waals surface area contributed by atoms with Crippen LogP contribution in [0.4, 0.5) is 0 Å². The molecular formula is C5H9Cl3O3Si. The fraction of sp³-hybridized carbons (Fsp3) is 0.800. The van der Waals surface area contributed by atoms with Crippen molar-refractivity contribution in [3.63, 3.8) is 0 Å². The van der Waals surface area contributed by atoms with Crippen LogP contribution in [0, 0.1) is 0 Å². The van der Waals surface area contributed by atoms with Crippen LogP contribution in [-0.4, -0.2) is 25.7 Å². The quantitative estimate of drug-likeness (QED) is 0.567. The van der Waals surface area contributed by atoms with E-state index < -0.39 is 19.0 Å². The Bertz CT molecular complexity index is 159. The van der Waals surface area contributed by atoms with Crippen molar-refractivity contribution >= 4 is 50.1 Å². The highest BCUT2D eigenvalue weighted by atomic mass is 35.6. The molecule has 0 aromatic carbocycles. The van der Waals surface area contributed by atoms with E-state index in [9.17, 15) is 4.79 Å². The zero-order valence-electron chi connectivity index (χ0n) is 6.64. The van der Waals surface area contributed by atoms with Gasteiger partial charge in [0.2, 0.25) is 0 Å². The van der Waals surface area contributed by atoms with Crippen molar-refractivity contribution in [3.8, 4) is 0 Å². The number of hydrogen-bond acceptors (Lipinski definition) is 3. The average molecular weight is 252 g/mol. The lowest BCUT2D eigenvalue weighted by Gasteiger charge is -2.14. The molecule has 0 N–H and O–H groups in total. The molecule has 72 valence electrons. The molecule has 0 heterocycles. The van der Waals surface area contributed by atoms with Gasteiger partial charge < -0.3 is 8.85 Å². The van der Waals surface area contributed by atoms with Gasteiger partial charge in [-0.2, -0.15) is 0 Å². The molecule has 1 atom stereocenters. The molecule has 0 saturated carbocycles. The van der Waals surface area contributed by atoms with Crippen molar-refractivity contribution in [1.82, 2.24) is 0 Å². The van der Waals surface area contributed by atoms with Gasteiger partial charge in [-0.05, 0) is 13.5 Å². The van der Waals surface area contributed by atoms with Crippen LogP contribution >= 0.6 is 34.8 Å². The number of alkyl halides is 3. The molecule has 0 aliphatic heterocycles. The third kappa shape index (κ3) is 5.21. The van der Waals surface area contributed by atoms with E-state index in [2.05, 4.69) is 0 Å². The van der Waals surface area contributed by atoms with Gasteiger partial charge in [0, 0.05) is 6.61 Å². The average Bonchev–Trinajstić information content (AvgIpc) is 1.85. The summed E-state index contributed by atoms with van der Waals surface area (Å²) in [5, 5.41) is 0. The zero-order chi connectivity index (χ0) is 9.78. The summed E-state index contributed by atoms with van der Waals surface area (Å²) in [4.78, 5) is 10.9. The fourth-order valence-electron chi connectivity index (χ4n) is 0.486. The highest BCUT2D eigenvalue weighted by Crippen LogP contribution is 2.27. The maximum absolute atomic E-state index is 10.9. The smallest absolute Gasteiger partial charge is 0.382 e. The molecule has 12 heavy (non-hydrogen) atoms. The van der Waals surface area contributed by atoms with Crippen LogP contribution in [0.3, 0.4) is 0 Å². The second kappa shape index (κ2) is 5.29. The standard InChI is InChI=1S/C5H9Cl3O3Si/c1-3-10-12(2)11-4(9)5(6,7)8/h12H,3H2,1-2H3. The molecule has 0 aliphatic carbocycles. The molecule has 0 spiro atoms. The molecular weight excluding hydrogens is 242 g/mol. The van der Waals surface area contributed by atoms with Crippen molar-refractivity contribution in [3.05, 3.63) is 0 Å². The Morgan fingerprint density at radius 3 is 2.33 bits per heavy atom. The molecule has 0 aromatic rings. The molecule has 0 fully saturated rings. The van der Waals surface area contributed by atoms with Gasteiger partial charge in [-0.25, -0.2) is 4.79 Å². The highest BCUT2D eigenvalue weighted by Gasteiger charge is 2.33. The van der Waals surface area contributed by atoms with Gasteiger partial charge in [0.1, 0.15) is 0 Å². The normalized spacial score (nSPS) is 14.1. The van der Waals surface area contributed by atoms with E-state index in [-0.39, 0.29) is 0 Å². The summed E-state index contributed by atoms with van der Waals surface area (Å²) in [6.07, 6.45) is 0. The fourth-order valence-corrected chi connectivity index (χ4v) is 1.86. The molecule has 0 bridgehead atoms. The molecule has 0 saturated heterocycles. The molecule has 3 nitrogen and oxygen atoms in total. The predicted molar refractivity (Wildman–Crippen MR) is 51.0 cm³/mol. The lowest BCUT2D eigenvalue weighted by atomic mass is 10.8. The van der Waals surface area contributed by atoms with Crippen molar-refractivity contribution < 1.29 is 13.6 Å². The zero-order valence-corrected chi connectivity index (χ0v) is 10.1. The monoisotopic (exact) mass is 250 g/mol. The summed E-state index contributed by atoms with van der Waals surface area (Å²) in [7, 11) is -1.96. The van der Waals surface area contributed by atoms with Crippen LogP contribution < -0.4 is 0 Å². The van der Waals surface area contributed by atoms with E-state index in [1.165, 1.54) is 0 Å². The molecule has 7 heteroatoms. The predicted octanol–water partition coefficient (Wildman–Crippen LogP) is 1.79. The van der Waals surface area contributed by atoms with Crippen molar-refractivity contribution in [2.24, 2.45) is 0 Å². The van der Waals surface area contributed by atoms with E-state index in [4.69, 9.17) is 43.7 Å². The molecule has 0 aromatic heterocycles. The summed E-state index contributed by atoms with van der Waals surface area (Å²) in [6, 6.07) is 0. The number of rotatable bonds is 3. The van der Waals surface area contributed by atoms with Gasteiger partial charge in [0.25, 0.3) is 3.79 Å². The summed E-state index contributed by atoms with van der Waals surface area (Å²) < 4.78 is 7.76. The van der Waals surface area contributed by atoms with E-state index in [0.717, 1.165) is 0 Å². The van der Waals surface area contributed by atoms with Crippen LogP contribution in [0.5, 0.6) is 0 Å². The Morgan fingerprint density at radius 1 is 1.50 bits per heavy atom. The Labute approximate surface area is 87.7 Å². The number of carbonyl (C=O) groups is 1. The first-order chi connectivity index (χ1) is 5.38. The van der Waals surface area contributed by atoms with Gasteiger partial charge in [0.15, 0.2) is 0 Å². The van der Waals surface area contributed by atoms with E-state index in [0.29, 0.717) is 6.61 Å². The summed E-state index contributed by atoms with van der Waals surface area (Å²) in [5.74, 6) is -0.875. The number of hydrogen-bond donors (Lipinski definition) is 0. The van der Waals surface area contributed by atoms with E-state index in [1.54, 1.807) is 13.5 Å². The lowest BCUT2D eigenvalue weighted by Crippen LogP contribution is -2.30. The Balaban J connectivity index is 3.85. The number of halogens is 3. The summed E-state index contributed by atoms with van der Waals surface area (Å²) >= 11 is 15.8. The third-order valence-corrected chi connectivity index (χ3v) is 2.72. The second-order valence-corrected chi connectivity index (χ2v) is 5.91. The highest BCUT2D eigenvalue weighted by molar-refractivity contribution is 6.76. The maximum Gasteiger partial charge on any atom is 0.382 e. The van der Waals surface area contributed by atoms with Gasteiger partial charge in [-0.1, -0.05) is 34.8 Å². The van der Waals surface area contributed by atoms with Crippen LogP contribution in [0.15, 0.2) is 0 Å². The topological polar surface area (TPSA) is 35.5 Å². The molecule has 0 aliphatic rings. The largest absolute Gasteiger partial charge is 0.494 e. The van der Waals surface area contributed by atoms with E-state index in [1.807, 2.05) is 0 Å². The SMILES string of the molecule is CCO[SiH](C)OC(=O)C(Cl)(Cl)Cl. The maximum atomic E-state index is 10.9. The van der Waals surface area contributed by atoms with Crippen molar-refractivity contribution in [1.29, 1.82) is 0 Å². The molecule has 0 amide bonds. The van der Waals surface area contributed by atoms with E-state index >= 15 is 0 Å². The molecule has 1 unspecified atom stereocenters.